The zero-order valence-corrected chi connectivity index (χ0v) is 19.2. The van der Waals surface area contributed by atoms with Crippen molar-refractivity contribution in [1.29, 1.82) is 0 Å². The van der Waals surface area contributed by atoms with Crippen LogP contribution in [-0.4, -0.2) is 62.8 Å². The summed E-state index contributed by atoms with van der Waals surface area (Å²) in [5, 5.41) is 12.8. The molecule has 1 fully saturated rings. The normalized spacial score (nSPS) is 15.8. The van der Waals surface area contributed by atoms with Crippen LogP contribution >= 0.6 is 0 Å². The number of hydrogen-bond donors (Lipinski definition) is 3. The van der Waals surface area contributed by atoms with Crippen molar-refractivity contribution < 1.29 is 19.3 Å². The smallest absolute Gasteiger partial charge is 0.250 e. The van der Waals surface area contributed by atoms with Crippen molar-refractivity contribution in [3.63, 3.8) is 0 Å². The number of hydrogen-bond acceptors (Lipinski definition) is 7. The van der Waals surface area contributed by atoms with Crippen LogP contribution in [-0.2, 0) is 15.9 Å². The molecule has 2 aromatic carbocycles. The Hall–Kier alpha value is -3.33. The molecule has 0 saturated carbocycles. The van der Waals surface area contributed by atoms with Crippen molar-refractivity contribution in [3.8, 4) is 22.8 Å². The number of nitrogens with zero attached hydrogens (tertiary/aromatic N) is 1. The number of aromatic nitrogens is 1. The van der Waals surface area contributed by atoms with Gasteiger partial charge in [0.1, 0.15) is 11.5 Å². The van der Waals surface area contributed by atoms with Crippen LogP contribution in [0.5, 0.6) is 11.5 Å². The highest BCUT2D eigenvalue weighted by molar-refractivity contribution is 5.74. The second kappa shape index (κ2) is 9.89. The third-order valence-electron chi connectivity index (χ3n) is 6.20. The van der Waals surface area contributed by atoms with Crippen LogP contribution in [0, 0.1) is 0 Å². The number of rotatable bonds is 7. The maximum atomic E-state index is 12.5. The molecule has 0 aliphatic carbocycles. The Labute approximate surface area is 198 Å². The average molecular weight is 464 g/mol. The van der Waals surface area contributed by atoms with Crippen molar-refractivity contribution in [2.75, 3.05) is 56.8 Å². The van der Waals surface area contributed by atoms with Gasteiger partial charge in [0.25, 0.3) is 0 Å². The maximum absolute atomic E-state index is 12.5. The Morgan fingerprint density at radius 2 is 2.00 bits per heavy atom. The highest BCUT2D eigenvalue weighted by Crippen LogP contribution is 2.43. The highest BCUT2D eigenvalue weighted by atomic mass is 16.5. The molecular weight excluding hydrogens is 434 g/mol. The van der Waals surface area contributed by atoms with Crippen LogP contribution in [0.1, 0.15) is 11.1 Å². The summed E-state index contributed by atoms with van der Waals surface area (Å²) in [7, 11) is 1.61. The SMILES string of the molecule is COC[C@H](CO)Nc1ccc2c(c1)Cc1cccc(-c3cc(N4CCOCC4)cc(=O)[nH]3)c1O2. The summed E-state index contributed by atoms with van der Waals surface area (Å²) in [6.07, 6.45) is 0.704. The Bertz CT molecular complexity index is 1220. The molecule has 2 aliphatic heterocycles. The Balaban J connectivity index is 1.44. The number of anilines is 2. The third kappa shape index (κ3) is 4.65. The predicted molar refractivity (Wildman–Crippen MR) is 131 cm³/mol. The zero-order valence-electron chi connectivity index (χ0n) is 19.2. The van der Waals surface area contributed by atoms with Gasteiger partial charge in [0.05, 0.1) is 38.2 Å². The van der Waals surface area contributed by atoms with Gasteiger partial charge in [-0.3, -0.25) is 4.79 Å². The third-order valence-corrected chi connectivity index (χ3v) is 6.20. The van der Waals surface area contributed by atoms with Gasteiger partial charge < -0.3 is 34.5 Å². The lowest BCUT2D eigenvalue weighted by Crippen LogP contribution is -2.36. The fourth-order valence-electron chi connectivity index (χ4n) is 4.53. The van der Waals surface area contributed by atoms with Gasteiger partial charge in [-0.2, -0.15) is 0 Å². The van der Waals surface area contributed by atoms with Gasteiger partial charge in [0.15, 0.2) is 0 Å². The molecule has 8 heteroatoms. The molecule has 1 saturated heterocycles. The van der Waals surface area contributed by atoms with Gasteiger partial charge in [-0.05, 0) is 35.9 Å². The quantitative estimate of drug-likeness (QED) is 0.388. The first-order chi connectivity index (χ1) is 16.6. The van der Waals surface area contributed by atoms with Crippen LogP contribution in [0.3, 0.4) is 0 Å². The summed E-state index contributed by atoms with van der Waals surface area (Å²) >= 11 is 0. The molecule has 0 radical (unpaired) electrons. The lowest BCUT2D eigenvalue weighted by atomic mass is 9.96. The average Bonchev–Trinajstić information content (AvgIpc) is 2.87. The van der Waals surface area contributed by atoms with E-state index in [2.05, 4.69) is 15.2 Å². The van der Waals surface area contributed by atoms with Crippen molar-refractivity contribution in [2.45, 2.75) is 12.5 Å². The van der Waals surface area contributed by atoms with E-state index in [4.69, 9.17) is 14.2 Å². The Morgan fingerprint density at radius 1 is 1.15 bits per heavy atom. The van der Waals surface area contributed by atoms with Crippen molar-refractivity contribution in [1.82, 2.24) is 4.98 Å². The van der Waals surface area contributed by atoms with E-state index in [-0.39, 0.29) is 18.2 Å². The number of ether oxygens (including phenoxy) is 3. The largest absolute Gasteiger partial charge is 0.456 e. The molecule has 34 heavy (non-hydrogen) atoms. The predicted octanol–water partition coefficient (Wildman–Crippen LogP) is 2.99. The fourth-order valence-corrected chi connectivity index (χ4v) is 4.53. The van der Waals surface area contributed by atoms with Crippen LogP contribution < -0.4 is 20.5 Å². The molecule has 1 atom stereocenters. The van der Waals surface area contributed by atoms with Crippen LogP contribution in [0.4, 0.5) is 11.4 Å². The molecule has 3 aromatic rings. The molecule has 178 valence electrons. The van der Waals surface area contributed by atoms with E-state index in [0.717, 1.165) is 58.3 Å². The number of aliphatic hydroxyl groups excluding tert-OH is 1. The first-order valence-corrected chi connectivity index (χ1v) is 11.5. The summed E-state index contributed by atoms with van der Waals surface area (Å²) in [6, 6.07) is 15.4. The van der Waals surface area contributed by atoms with Gasteiger partial charge in [-0.15, -0.1) is 0 Å². The monoisotopic (exact) mass is 463 g/mol. The molecule has 8 nitrogen and oxygen atoms in total. The van der Waals surface area contributed by atoms with E-state index in [1.54, 1.807) is 13.2 Å². The molecule has 0 unspecified atom stereocenters. The summed E-state index contributed by atoms with van der Waals surface area (Å²) in [4.78, 5) is 17.7. The summed E-state index contributed by atoms with van der Waals surface area (Å²) in [5.41, 5.74) is 5.35. The molecule has 5 rings (SSSR count). The number of aliphatic hydroxyl groups is 1. The first kappa shape index (κ1) is 22.5. The number of methoxy groups -OCH3 is 1. The molecule has 1 aromatic heterocycles. The summed E-state index contributed by atoms with van der Waals surface area (Å²) < 4.78 is 17.0. The van der Waals surface area contributed by atoms with Crippen molar-refractivity contribution >= 4 is 11.4 Å². The molecule has 0 amide bonds. The number of pyridine rings is 1. The second-order valence-electron chi connectivity index (χ2n) is 8.59. The standard InChI is InChI=1S/C26H29N3O5/c1-32-16-20(15-30)27-19-5-6-24-18(12-19)11-17-3-2-4-22(26(17)34-24)23-13-21(14-25(31)28-23)29-7-9-33-10-8-29/h2-6,12-14,20,27,30H,7-11,15-16H2,1H3,(H,28,31)/t20-/m0/s1. The minimum Gasteiger partial charge on any atom is -0.456 e. The number of para-hydroxylation sites is 1. The van der Waals surface area contributed by atoms with E-state index in [0.29, 0.717) is 26.2 Å². The van der Waals surface area contributed by atoms with Gasteiger partial charge in [-0.25, -0.2) is 0 Å². The van der Waals surface area contributed by atoms with E-state index in [9.17, 15) is 9.90 Å². The first-order valence-electron chi connectivity index (χ1n) is 11.5. The summed E-state index contributed by atoms with van der Waals surface area (Å²) in [5.74, 6) is 1.54. The number of aromatic amines is 1. The van der Waals surface area contributed by atoms with Crippen molar-refractivity contribution in [2.24, 2.45) is 0 Å². The van der Waals surface area contributed by atoms with Gasteiger partial charge in [0, 0.05) is 55.2 Å². The van der Waals surface area contributed by atoms with Crippen LogP contribution in [0.15, 0.2) is 53.3 Å². The molecule has 2 aliphatic rings. The topological polar surface area (TPSA) is 96.0 Å². The number of morpholine rings is 1. The minimum atomic E-state index is -0.179. The summed E-state index contributed by atoms with van der Waals surface area (Å²) in [6.45, 7) is 3.23. The molecule has 0 spiro atoms. The van der Waals surface area contributed by atoms with E-state index >= 15 is 0 Å². The highest BCUT2D eigenvalue weighted by Gasteiger charge is 2.22. The molecule has 3 N–H and O–H groups in total. The van der Waals surface area contributed by atoms with Gasteiger partial charge in [-0.1, -0.05) is 12.1 Å². The lowest BCUT2D eigenvalue weighted by molar-refractivity contribution is 0.122. The Kier molecular flexibility index (Phi) is 6.53. The number of nitrogens with one attached hydrogen (secondary N) is 2. The molecular formula is C26H29N3O5. The second-order valence-corrected chi connectivity index (χ2v) is 8.59. The maximum Gasteiger partial charge on any atom is 0.250 e. The van der Waals surface area contributed by atoms with Gasteiger partial charge in [0.2, 0.25) is 5.56 Å². The van der Waals surface area contributed by atoms with E-state index < -0.39 is 0 Å². The van der Waals surface area contributed by atoms with Crippen LogP contribution in [0.25, 0.3) is 11.3 Å². The number of fused-ring (bicyclic) bond motifs is 2. The van der Waals surface area contributed by atoms with Crippen LogP contribution in [0.2, 0.25) is 0 Å². The zero-order chi connectivity index (χ0) is 23.5. The van der Waals surface area contributed by atoms with Crippen molar-refractivity contribution in [3.05, 3.63) is 70.0 Å². The number of benzene rings is 2. The fraction of sp³-hybridized carbons (Fsp3) is 0.346. The van der Waals surface area contributed by atoms with Gasteiger partial charge >= 0.3 is 0 Å². The minimum absolute atomic E-state index is 0.0185. The van der Waals surface area contributed by atoms with E-state index in [1.807, 2.05) is 42.5 Å². The lowest BCUT2D eigenvalue weighted by Gasteiger charge is -2.29. The molecule has 3 heterocycles. The van der Waals surface area contributed by atoms with E-state index in [1.165, 1.54) is 0 Å². The Morgan fingerprint density at radius 3 is 2.79 bits per heavy atom. The molecule has 0 bridgehead atoms. The number of H-pyrrole nitrogens is 1.